The average molecular weight is 239 g/mol. The molecule has 0 radical (unpaired) electrons. The fourth-order valence-corrected chi connectivity index (χ4v) is 1.70. The number of aryl methyl sites for hydroxylation is 2. The monoisotopic (exact) mass is 239 g/mol. The zero-order valence-electron chi connectivity index (χ0n) is 11.0. The first-order valence-electron chi connectivity index (χ1n) is 6.01. The van der Waals surface area contributed by atoms with E-state index in [-0.39, 0.29) is 12.0 Å². The van der Waals surface area contributed by atoms with Crippen LogP contribution in [0.15, 0.2) is 6.20 Å². The van der Waals surface area contributed by atoms with Gasteiger partial charge in [0.25, 0.3) is 0 Å². The van der Waals surface area contributed by atoms with Crippen molar-refractivity contribution in [1.82, 2.24) is 9.78 Å². The number of nitrogens with zero attached hydrogens (tertiary/aromatic N) is 2. The van der Waals surface area contributed by atoms with Gasteiger partial charge in [0.2, 0.25) is 0 Å². The van der Waals surface area contributed by atoms with Gasteiger partial charge in [0, 0.05) is 19.3 Å². The molecule has 1 atom stereocenters. The molecule has 0 aliphatic carbocycles. The molecule has 96 valence electrons. The molecule has 5 nitrogen and oxygen atoms in total. The van der Waals surface area contributed by atoms with Crippen LogP contribution in [0.4, 0.5) is 5.69 Å². The highest BCUT2D eigenvalue weighted by atomic mass is 16.5. The van der Waals surface area contributed by atoms with Gasteiger partial charge in [-0.3, -0.25) is 9.48 Å². The maximum absolute atomic E-state index is 11.3. The van der Waals surface area contributed by atoms with Crippen LogP contribution in [0.3, 0.4) is 0 Å². The van der Waals surface area contributed by atoms with Crippen LogP contribution in [-0.4, -0.2) is 28.4 Å². The number of anilines is 1. The summed E-state index contributed by atoms with van der Waals surface area (Å²) in [6.07, 6.45) is 3.17. The number of rotatable bonds is 6. The SMILES string of the molecule is CCOC(=O)CC(C)Nc1cn(C)nc1CC. The molecule has 1 aromatic rings. The Morgan fingerprint density at radius 3 is 2.88 bits per heavy atom. The van der Waals surface area contributed by atoms with E-state index in [4.69, 9.17) is 4.74 Å². The van der Waals surface area contributed by atoms with Gasteiger partial charge in [-0.2, -0.15) is 5.10 Å². The summed E-state index contributed by atoms with van der Waals surface area (Å²) < 4.78 is 6.69. The highest BCUT2D eigenvalue weighted by molar-refractivity contribution is 5.70. The normalized spacial score (nSPS) is 12.2. The van der Waals surface area contributed by atoms with Crippen molar-refractivity contribution in [2.45, 2.75) is 39.7 Å². The van der Waals surface area contributed by atoms with E-state index in [0.717, 1.165) is 17.8 Å². The number of ether oxygens (including phenoxy) is 1. The Bertz CT molecular complexity index is 374. The van der Waals surface area contributed by atoms with Crippen molar-refractivity contribution in [1.29, 1.82) is 0 Å². The number of carbonyl (C=O) groups excluding carboxylic acids is 1. The van der Waals surface area contributed by atoms with Crippen LogP contribution in [0, 0.1) is 0 Å². The molecule has 17 heavy (non-hydrogen) atoms. The van der Waals surface area contributed by atoms with Gasteiger partial charge in [-0.05, 0) is 20.3 Å². The molecule has 0 aliphatic rings. The zero-order chi connectivity index (χ0) is 12.8. The standard InChI is InChI=1S/C12H21N3O2/c1-5-10-11(8-15(4)14-10)13-9(3)7-12(16)17-6-2/h8-9,13H,5-7H2,1-4H3. The van der Waals surface area contributed by atoms with Crippen molar-refractivity contribution < 1.29 is 9.53 Å². The average Bonchev–Trinajstić information content (AvgIpc) is 2.58. The second kappa shape index (κ2) is 6.27. The summed E-state index contributed by atoms with van der Waals surface area (Å²) in [6, 6.07) is 0.0450. The van der Waals surface area contributed by atoms with Crippen molar-refractivity contribution in [2.24, 2.45) is 7.05 Å². The lowest BCUT2D eigenvalue weighted by atomic mass is 10.2. The van der Waals surface area contributed by atoms with Gasteiger partial charge in [-0.25, -0.2) is 0 Å². The van der Waals surface area contributed by atoms with Crippen molar-refractivity contribution >= 4 is 11.7 Å². The lowest BCUT2D eigenvalue weighted by molar-refractivity contribution is -0.143. The Kier molecular flexibility index (Phi) is 5.00. The molecule has 0 amide bonds. The Morgan fingerprint density at radius 2 is 2.29 bits per heavy atom. The lowest BCUT2D eigenvalue weighted by Gasteiger charge is -2.13. The Hall–Kier alpha value is -1.52. The fraction of sp³-hybridized carbons (Fsp3) is 0.667. The van der Waals surface area contributed by atoms with E-state index >= 15 is 0 Å². The minimum Gasteiger partial charge on any atom is -0.466 e. The maximum atomic E-state index is 11.3. The van der Waals surface area contributed by atoms with E-state index in [1.165, 1.54) is 0 Å². The Morgan fingerprint density at radius 1 is 1.59 bits per heavy atom. The Balaban J connectivity index is 2.55. The zero-order valence-corrected chi connectivity index (χ0v) is 11.0. The largest absolute Gasteiger partial charge is 0.466 e. The molecule has 1 unspecified atom stereocenters. The predicted octanol–water partition coefficient (Wildman–Crippen LogP) is 1.74. The van der Waals surface area contributed by atoms with E-state index < -0.39 is 0 Å². The van der Waals surface area contributed by atoms with Crippen LogP contribution in [0.5, 0.6) is 0 Å². The van der Waals surface area contributed by atoms with Crippen molar-refractivity contribution in [3.05, 3.63) is 11.9 Å². The van der Waals surface area contributed by atoms with Crippen molar-refractivity contribution in [3.63, 3.8) is 0 Å². The van der Waals surface area contributed by atoms with Crippen LogP contribution >= 0.6 is 0 Å². The van der Waals surface area contributed by atoms with E-state index in [0.29, 0.717) is 13.0 Å². The summed E-state index contributed by atoms with van der Waals surface area (Å²) in [6.45, 7) is 6.26. The number of hydrogen-bond donors (Lipinski definition) is 1. The first-order valence-corrected chi connectivity index (χ1v) is 6.01. The van der Waals surface area contributed by atoms with E-state index in [1.807, 2.05) is 27.1 Å². The van der Waals surface area contributed by atoms with Gasteiger partial charge in [-0.1, -0.05) is 6.92 Å². The maximum Gasteiger partial charge on any atom is 0.307 e. The number of nitrogens with one attached hydrogen (secondary N) is 1. The van der Waals surface area contributed by atoms with E-state index in [1.54, 1.807) is 4.68 Å². The first kappa shape index (κ1) is 13.5. The number of carbonyl (C=O) groups is 1. The van der Waals surface area contributed by atoms with E-state index in [2.05, 4.69) is 17.3 Å². The van der Waals surface area contributed by atoms with Gasteiger partial charge in [0.1, 0.15) is 0 Å². The first-order chi connectivity index (χ1) is 8.06. The van der Waals surface area contributed by atoms with E-state index in [9.17, 15) is 4.79 Å². The molecule has 5 heteroatoms. The molecule has 0 spiro atoms. The molecule has 1 aromatic heterocycles. The van der Waals surface area contributed by atoms with Crippen LogP contribution in [0.2, 0.25) is 0 Å². The smallest absolute Gasteiger partial charge is 0.307 e. The third kappa shape index (κ3) is 4.09. The van der Waals surface area contributed by atoms with Gasteiger partial charge in [0.15, 0.2) is 0 Å². The highest BCUT2D eigenvalue weighted by Crippen LogP contribution is 2.15. The molecule has 1 N–H and O–H groups in total. The Labute approximate surface area is 102 Å². The summed E-state index contributed by atoms with van der Waals surface area (Å²) in [7, 11) is 1.89. The van der Waals surface area contributed by atoms with Crippen LogP contribution in [0.25, 0.3) is 0 Å². The third-order valence-corrected chi connectivity index (χ3v) is 2.42. The summed E-state index contributed by atoms with van der Waals surface area (Å²) in [5, 5.41) is 7.62. The van der Waals surface area contributed by atoms with Gasteiger partial charge in [0.05, 0.1) is 24.4 Å². The number of hydrogen-bond acceptors (Lipinski definition) is 4. The quantitative estimate of drug-likeness (QED) is 0.768. The lowest BCUT2D eigenvalue weighted by Crippen LogP contribution is -2.21. The summed E-state index contributed by atoms with van der Waals surface area (Å²) in [5.74, 6) is -0.172. The van der Waals surface area contributed by atoms with Gasteiger partial charge >= 0.3 is 5.97 Å². The third-order valence-electron chi connectivity index (χ3n) is 2.42. The van der Waals surface area contributed by atoms with Crippen LogP contribution in [-0.2, 0) is 23.0 Å². The molecular weight excluding hydrogens is 218 g/mol. The molecule has 1 heterocycles. The molecule has 0 saturated carbocycles. The second-order valence-corrected chi connectivity index (χ2v) is 4.07. The van der Waals surface area contributed by atoms with Crippen LogP contribution in [0.1, 0.15) is 32.9 Å². The molecule has 0 bridgehead atoms. The summed E-state index contributed by atoms with van der Waals surface area (Å²) in [4.78, 5) is 11.3. The minimum absolute atomic E-state index is 0.0450. The topological polar surface area (TPSA) is 56.1 Å². The molecular formula is C12H21N3O2. The second-order valence-electron chi connectivity index (χ2n) is 4.07. The summed E-state index contributed by atoms with van der Waals surface area (Å²) in [5.41, 5.74) is 2.01. The van der Waals surface area contributed by atoms with Crippen LogP contribution < -0.4 is 5.32 Å². The predicted molar refractivity (Wildman–Crippen MR) is 66.9 cm³/mol. The van der Waals surface area contributed by atoms with Crippen molar-refractivity contribution in [3.8, 4) is 0 Å². The fourth-order valence-electron chi connectivity index (χ4n) is 1.70. The van der Waals surface area contributed by atoms with Crippen molar-refractivity contribution in [2.75, 3.05) is 11.9 Å². The molecule has 0 aliphatic heterocycles. The number of aromatic nitrogens is 2. The van der Waals surface area contributed by atoms with Gasteiger partial charge < -0.3 is 10.1 Å². The van der Waals surface area contributed by atoms with Gasteiger partial charge in [-0.15, -0.1) is 0 Å². The highest BCUT2D eigenvalue weighted by Gasteiger charge is 2.12. The molecule has 0 saturated heterocycles. The molecule has 0 fully saturated rings. The molecule has 0 aromatic carbocycles. The number of esters is 1. The minimum atomic E-state index is -0.172. The summed E-state index contributed by atoms with van der Waals surface area (Å²) >= 11 is 0. The molecule has 1 rings (SSSR count).